The Morgan fingerprint density at radius 3 is 2.40 bits per heavy atom. The average Bonchev–Trinajstić information content (AvgIpc) is 2.42. The van der Waals surface area contributed by atoms with E-state index in [9.17, 15) is 5.11 Å². The Bertz CT molecular complexity index is 604. The fraction of sp³-hybridized carbons (Fsp3) is 0.333. The van der Waals surface area contributed by atoms with Crippen molar-refractivity contribution < 1.29 is 5.11 Å². The SMILES string of the molecule is Cc1ccc(O)c(CNC(C)c2cc(C)ccc2C)c1. The van der Waals surface area contributed by atoms with Crippen LogP contribution in [0.25, 0.3) is 0 Å². The number of aromatic hydroxyl groups is 1. The van der Waals surface area contributed by atoms with E-state index >= 15 is 0 Å². The van der Waals surface area contributed by atoms with Crippen LogP contribution in [-0.4, -0.2) is 5.11 Å². The lowest BCUT2D eigenvalue weighted by Gasteiger charge is -2.18. The fourth-order valence-corrected chi connectivity index (χ4v) is 2.46. The summed E-state index contributed by atoms with van der Waals surface area (Å²) in [5.74, 6) is 0.358. The maximum Gasteiger partial charge on any atom is 0.120 e. The summed E-state index contributed by atoms with van der Waals surface area (Å²) < 4.78 is 0. The second kappa shape index (κ2) is 6.10. The van der Waals surface area contributed by atoms with Gasteiger partial charge >= 0.3 is 0 Å². The Labute approximate surface area is 121 Å². The fourth-order valence-electron chi connectivity index (χ4n) is 2.46. The van der Waals surface area contributed by atoms with Crippen LogP contribution in [0.3, 0.4) is 0 Å². The molecule has 2 rings (SSSR count). The molecule has 0 aliphatic rings. The van der Waals surface area contributed by atoms with Gasteiger partial charge in [0.25, 0.3) is 0 Å². The molecule has 0 heterocycles. The zero-order valence-corrected chi connectivity index (χ0v) is 12.7. The second-order valence-corrected chi connectivity index (χ2v) is 5.59. The Morgan fingerprint density at radius 2 is 1.65 bits per heavy atom. The van der Waals surface area contributed by atoms with Crippen molar-refractivity contribution in [1.82, 2.24) is 5.32 Å². The van der Waals surface area contributed by atoms with Crippen LogP contribution in [0.5, 0.6) is 5.75 Å². The summed E-state index contributed by atoms with van der Waals surface area (Å²) in [6.07, 6.45) is 0. The summed E-state index contributed by atoms with van der Waals surface area (Å²) in [6.45, 7) is 9.12. The molecule has 2 nitrogen and oxygen atoms in total. The molecule has 0 saturated heterocycles. The lowest BCUT2D eigenvalue weighted by atomic mass is 9.99. The Balaban J connectivity index is 2.10. The number of hydrogen-bond acceptors (Lipinski definition) is 2. The highest BCUT2D eigenvalue weighted by molar-refractivity contribution is 5.36. The summed E-state index contributed by atoms with van der Waals surface area (Å²) in [7, 11) is 0. The first-order valence-electron chi connectivity index (χ1n) is 7.06. The van der Waals surface area contributed by atoms with Crippen LogP contribution in [0, 0.1) is 20.8 Å². The van der Waals surface area contributed by atoms with Crippen molar-refractivity contribution in [2.24, 2.45) is 0 Å². The van der Waals surface area contributed by atoms with E-state index in [2.05, 4.69) is 44.3 Å². The van der Waals surface area contributed by atoms with Gasteiger partial charge in [-0.1, -0.05) is 41.5 Å². The van der Waals surface area contributed by atoms with E-state index < -0.39 is 0 Å². The summed E-state index contributed by atoms with van der Waals surface area (Å²) in [4.78, 5) is 0. The summed E-state index contributed by atoms with van der Waals surface area (Å²) >= 11 is 0. The van der Waals surface area contributed by atoms with Gasteiger partial charge in [-0.25, -0.2) is 0 Å². The lowest BCUT2D eigenvalue weighted by molar-refractivity contribution is 0.460. The van der Waals surface area contributed by atoms with Gasteiger partial charge in [-0.15, -0.1) is 0 Å². The molecule has 0 amide bonds. The zero-order valence-electron chi connectivity index (χ0n) is 12.7. The van der Waals surface area contributed by atoms with E-state index in [1.807, 2.05) is 19.1 Å². The molecule has 2 N–H and O–H groups in total. The van der Waals surface area contributed by atoms with Crippen molar-refractivity contribution in [2.75, 3.05) is 0 Å². The van der Waals surface area contributed by atoms with Crippen molar-refractivity contribution in [3.63, 3.8) is 0 Å². The molecule has 0 aliphatic heterocycles. The summed E-state index contributed by atoms with van der Waals surface area (Å²) in [5.41, 5.74) is 6.00. The maximum atomic E-state index is 9.88. The molecule has 2 heteroatoms. The van der Waals surface area contributed by atoms with E-state index in [0.29, 0.717) is 12.3 Å². The second-order valence-electron chi connectivity index (χ2n) is 5.59. The first-order valence-corrected chi connectivity index (χ1v) is 7.06. The third-order valence-corrected chi connectivity index (χ3v) is 3.73. The number of nitrogens with one attached hydrogen (secondary N) is 1. The number of hydrogen-bond donors (Lipinski definition) is 2. The Morgan fingerprint density at radius 1 is 1.00 bits per heavy atom. The number of phenolic OH excluding ortho intramolecular Hbond substituents is 1. The first-order chi connectivity index (χ1) is 9.47. The zero-order chi connectivity index (χ0) is 14.7. The van der Waals surface area contributed by atoms with Crippen molar-refractivity contribution in [3.8, 4) is 5.75 Å². The molecule has 0 fully saturated rings. The van der Waals surface area contributed by atoms with Gasteiger partial charge in [0, 0.05) is 18.2 Å². The third-order valence-electron chi connectivity index (χ3n) is 3.73. The topological polar surface area (TPSA) is 32.3 Å². The number of benzene rings is 2. The van der Waals surface area contributed by atoms with Gasteiger partial charge in [-0.3, -0.25) is 0 Å². The van der Waals surface area contributed by atoms with Gasteiger partial charge in [-0.05, 0) is 44.9 Å². The van der Waals surface area contributed by atoms with E-state index in [1.165, 1.54) is 22.3 Å². The first kappa shape index (κ1) is 14.6. The minimum absolute atomic E-state index is 0.259. The van der Waals surface area contributed by atoms with E-state index in [-0.39, 0.29) is 6.04 Å². The van der Waals surface area contributed by atoms with Gasteiger partial charge < -0.3 is 10.4 Å². The molecule has 106 valence electrons. The van der Waals surface area contributed by atoms with E-state index in [1.54, 1.807) is 6.07 Å². The molecule has 0 aliphatic carbocycles. The summed E-state index contributed by atoms with van der Waals surface area (Å²) in [5, 5.41) is 13.4. The van der Waals surface area contributed by atoms with Crippen LogP contribution in [0.1, 0.15) is 40.8 Å². The smallest absolute Gasteiger partial charge is 0.120 e. The minimum Gasteiger partial charge on any atom is -0.508 e. The van der Waals surface area contributed by atoms with Crippen molar-refractivity contribution in [2.45, 2.75) is 40.3 Å². The quantitative estimate of drug-likeness (QED) is 0.873. The van der Waals surface area contributed by atoms with Crippen LogP contribution in [-0.2, 0) is 6.54 Å². The Hall–Kier alpha value is -1.80. The molecule has 0 saturated carbocycles. The average molecular weight is 269 g/mol. The van der Waals surface area contributed by atoms with Crippen LogP contribution < -0.4 is 5.32 Å². The lowest BCUT2D eigenvalue weighted by Crippen LogP contribution is -2.19. The van der Waals surface area contributed by atoms with Gasteiger partial charge in [-0.2, -0.15) is 0 Å². The largest absolute Gasteiger partial charge is 0.508 e. The molecular weight excluding hydrogens is 246 g/mol. The monoisotopic (exact) mass is 269 g/mol. The van der Waals surface area contributed by atoms with Crippen molar-refractivity contribution in [1.29, 1.82) is 0 Å². The molecule has 0 bridgehead atoms. The molecule has 2 aromatic carbocycles. The van der Waals surface area contributed by atoms with Crippen LogP contribution >= 0.6 is 0 Å². The molecule has 1 unspecified atom stereocenters. The molecular formula is C18H23NO. The number of rotatable bonds is 4. The van der Waals surface area contributed by atoms with Crippen molar-refractivity contribution >= 4 is 0 Å². The van der Waals surface area contributed by atoms with Gasteiger partial charge in [0.1, 0.15) is 5.75 Å². The molecule has 2 aromatic rings. The molecule has 0 aromatic heterocycles. The number of aryl methyl sites for hydroxylation is 3. The molecule has 20 heavy (non-hydrogen) atoms. The van der Waals surface area contributed by atoms with E-state index in [4.69, 9.17) is 0 Å². The molecule has 0 radical (unpaired) electrons. The molecule has 0 spiro atoms. The number of phenols is 1. The predicted molar refractivity (Wildman–Crippen MR) is 84.0 cm³/mol. The van der Waals surface area contributed by atoms with Crippen LogP contribution in [0.4, 0.5) is 0 Å². The highest BCUT2D eigenvalue weighted by atomic mass is 16.3. The predicted octanol–water partition coefficient (Wildman–Crippen LogP) is 4.17. The standard InChI is InChI=1S/C18H23NO/c1-12-6-8-18(20)16(9-12)11-19-15(4)17-10-13(2)5-7-14(17)3/h5-10,15,19-20H,11H2,1-4H3. The highest BCUT2D eigenvalue weighted by Gasteiger charge is 2.09. The minimum atomic E-state index is 0.259. The van der Waals surface area contributed by atoms with Gasteiger partial charge in [0.15, 0.2) is 0 Å². The molecule has 1 atom stereocenters. The Kier molecular flexibility index (Phi) is 4.46. The van der Waals surface area contributed by atoms with Crippen LogP contribution in [0.2, 0.25) is 0 Å². The normalized spacial score (nSPS) is 12.4. The van der Waals surface area contributed by atoms with Crippen molar-refractivity contribution in [3.05, 3.63) is 64.2 Å². The van der Waals surface area contributed by atoms with Crippen LogP contribution in [0.15, 0.2) is 36.4 Å². The maximum absolute atomic E-state index is 9.88. The van der Waals surface area contributed by atoms with Gasteiger partial charge in [0.05, 0.1) is 0 Å². The van der Waals surface area contributed by atoms with E-state index in [0.717, 1.165) is 5.56 Å². The highest BCUT2D eigenvalue weighted by Crippen LogP contribution is 2.22. The third kappa shape index (κ3) is 3.40. The summed E-state index contributed by atoms with van der Waals surface area (Å²) in [6, 6.07) is 12.5. The van der Waals surface area contributed by atoms with Gasteiger partial charge in [0.2, 0.25) is 0 Å².